The average Bonchev–Trinajstić information content (AvgIpc) is 2.95. The molecule has 0 bridgehead atoms. The molecule has 1 aromatic heterocycles. The van der Waals surface area contributed by atoms with Crippen LogP contribution in [0.2, 0.25) is 0 Å². The minimum absolute atomic E-state index is 0.0670. The van der Waals surface area contributed by atoms with Crippen LogP contribution in [0.1, 0.15) is 17.5 Å². The quantitative estimate of drug-likeness (QED) is 0.703. The van der Waals surface area contributed by atoms with Crippen molar-refractivity contribution in [3.63, 3.8) is 0 Å². The number of fused-ring (bicyclic) bond motifs is 1. The Balaban J connectivity index is 1.51. The van der Waals surface area contributed by atoms with Gasteiger partial charge < -0.3 is 10.6 Å². The minimum atomic E-state index is -0.348. The summed E-state index contributed by atoms with van der Waals surface area (Å²) in [7, 11) is 0. The lowest BCUT2D eigenvalue weighted by Crippen LogP contribution is -2.38. The molecular weight excluding hydrogens is 337 g/mol. The standard InChI is InChI=1S/C19H20FN3OS/c1-12(19(24)21-10-9-14-3-5-15(20)6-4-14)22-16-7-8-17-18(11-16)25-13(2)23-17/h3-8,11-12,22H,9-10H2,1-2H3,(H,21,24). The second-order valence-electron chi connectivity index (χ2n) is 5.95. The molecule has 3 rings (SSSR count). The largest absolute Gasteiger partial charge is 0.374 e. The van der Waals surface area contributed by atoms with E-state index >= 15 is 0 Å². The Kier molecular flexibility index (Phi) is 5.28. The van der Waals surface area contributed by atoms with Gasteiger partial charge in [0.15, 0.2) is 0 Å². The Hall–Kier alpha value is -2.47. The Morgan fingerprint density at radius 1 is 1.24 bits per heavy atom. The summed E-state index contributed by atoms with van der Waals surface area (Å²) in [6.07, 6.45) is 0.671. The number of aryl methyl sites for hydroxylation is 1. The van der Waals surface area contributed by atoms with E-state index < -0.39 is 0 Å². The second kappa shape index (κ2) is 7.61. The molecular formula is C19H20FN3OS. The summed E-state index contributed by atoms with van der Waals surface area (Å²) < 4.78 is 14.0. The number of carbonyl (C=O) groups excluding carboxylic acids is 1. The minimum Gasteiger partial charge on any atom is -0.374 e. The van der Waals surface area contributed by atoms with Gasteiger partial charge in [-0.2, -0.15) is 0 Å². The van der Waals surface area contributed by atoms with Crippen LogP contribution in [0.4, 0.5) is 10.1 Å². The van der Waals surface area contributed by atoms with Gasteiger partial charge in [-0.05, 0) is 56.2 Å². The van der Waals surface area contributed by atoms with Crippen molar-refractivity contribution < 1.29 is 9.18 Å². The van der Waals surface area contributed by atoms with Gasteiger partial charge in [0.1, 0.15) is 11.9 Å². The molecule has 1 amide bonds. The molecule has 0 aliphatic rings. The third kappa shape index (κ3) is 4.54. The number of benzene rings is 2. The number of nitrogens with one attached hydrogen (secondary N) is 2. The smallest absolute Gasteiger partial charge is 0.242 e. The first kappa shape index (κ1) is 17.4. The lowest BCUT2D eigenvalue weighted by atomic mass is 10.1. The number of carbonyl (C=O) groups is 1. The van der Waals surface area contributed by atoms with Crippen LogP contribution in [0.25, 0.3) is 10.2 Å². The van der Waals surface area contributed by atoms with Gasteiger partial charge in [-0.1, -0.05) is 12.1 Å². The maximum atomic E-state index is 12.9. The number of hydrogen-bond donors (Lipinski definition) is 2. The Labute approximate surface area is 150 Å². The number of aromatic nitrogens is 1. The van der Waals surface area contributed by atoms with Crippen molar-refractivity contribution in [2.75, 3.05) is 11.9 Å². The van der Waals surface area contributed by atoms with Gasteiger partial charge in [0.05, 0.1) is 15.2 Å². The molecule has 0 fully saturated rings. The molecule has 4 nitrogen and oxygen atoms in total. The van der Waals surface area contributed by atoms with E-state index in [4.69, 9.17) is 0 Å². The van der Waals surface area contributed by atoms with Crippen LogP contribution >= 0.6 is 11.3 Å². The fraction of sp³-hybridized carbons (Fsp3) is 0.263. The van der Waals surface area contributed by atoms with E-state index in [9.17, 15) is 9.18 Å². The molecule has 1 atom stereocenters. The first-order valence-corrected chi connectivity index (χ1v) is 8.99. The summed E-state index contributed by atoms with van der Waals surface area (Å²) in [4.78, 5) is 16.6. The van der Waals surface area contributed by atoms with E-state index in [0.717, 1.165) is 26.5 Å². The van der Waals surface area contributed by atoms with Gasteiger partial charge in [0, 0.05) is 12.2 Å². The topological polar surface area (TPSA) is 54.0 Å². The van der Waals surface area contributed by atoms with Crippen LogP contribution in [0.5, 0.6) is 0 Å². The number of anilines is 1. The molecule has 2 N–H and O–H groups in total. The summed E-state index contributed by atoms with van der Waals surface area (Å²) in [6, 6.07) is 11.9. The second-order valence-corrected chi connectivity index (χ2v) is 7.18. The van der Waals surface area contributed by atoms with E-state index in [-0.39, 0.29) is 17.8 Å². The van der Waals surface area contributed by atoms with Crippen molar-refractivity contribution in [3.05, 3.63) is 58.9 Å². The third-order valence-electron chi connectivity index (χ3n) is 3.90. The van der Waals surface area contributed by atoms with E-state index in [1.165, 1.54) is 12.1 Å². The SMILES string of the molecule is Cc1nc2ccc(NC(C)C(=O)NCCc3ccc(F)cc3)cc2s1. The zero-order chi connectivity index (χ0) is 17.8. The average molecular weight is 357 g/mol. The van der Waals surface area contributed by atoms with Crippen molar-refractivity contribution in [1.82, 2.24) is 10.3 Å². The first-order valence-electron chi connectivity index (χ1n) is 8.17. The van der Waals surface area contributed by atoms with Crippen LogP contribution in [-0.2, 0) is 11.2 Å². The lowest BCUT2D eigenvalue weighted by Gasteiger charge is -2.15. The first-order chi connectivity index (χ1) is 12.0. The number of amides is 1. The van der Waals surface area contributed by atoms with E-state index in [1.807, 2.05) is 32.0 Å². The highest BCUT2D eigenvalue weighted by Gasteiger charge is 2.12. The van der Waals surface area contributed by atoms with Crippen LogP contribution in [0, 0.1) is 12.7 Å². The predicted octanol–water partition coefficient (Wildman–Crippen LogP) is 3.90. The predicted molar refractivity (Wildman–Crippen MR) is 101 cm³/mol. The zero-order valence-electron chi connectivity index (χ0n) is 14.2. The number of nitrogens with zero attached hydrogens (tertiary/aromatic N) is 1. The fourth-order valence-corrected chi connectivity index (χ4v) is 3.45. The highest BCUT2D eigenvalue weighted by atomic mass is 32.1. The van der Waals surface area contributed by atoms with Gasteiger partial charge in [0.25, 0.3) is 0 Å². The Morgan fingerprint density at radius 2 is 2.00 bits per heavy atom. The number of halogens is 1. The molecule has 0 saturated heterocycles. The summed E-state index contributed by atoms with van der Waals surface area (Å²) in [5.74, 6) is -0.318. The van der Waals surface area contributed by atoms with Crippen LogP contribution in [0.3, 0.4) is 0 Å². The molecule has 1 unspecified atom stereocenters. The maximum absolute atomic E-state index is 12.9. The highest BCUT2D eigenvalue weighted by molar-refractivity contribution is 7.18. The molecule has 6 heteroatoms. The van der Waals surface area contributed by atoms with Crippen molar-refractivity contribution in [2.24, 2.45) is 0 Å². The van der Waals surface area contributed by atoms with Gasteiger partial charge >= 0.3 is 0 Å². The molecule has 0 radical (unpaired) electrons. The summed E-state index contributed by atoms with van der Waals surface area (Å²) >= 11 is 1.64. The summed E-state index contributed by atoms with van der Waals surface area (Å²) in [5, 5.41) is 7.15. The maximum Gasteiger partial charge on any atom is 0.242 e. The van der Waals surface area contributed by atoms with Crippen LogP contribution in [0.15, 0.2) is 42.5 Å². The Bertz CT molecular complexity index is 876. The van der Waals surface area contributed by atoms with Crippen molar-refractivity contribution in [3.8, 4) is 0 Å². The molecule has 1 heterocycles. The van der Waals surface area contributed by atoms with Crippen molar-refractivity contribution in [2.45, 2.75) is 26.3 Å². The van der Waals surface area contributed by atoms with Crippen molar-refractivity contribution >= 4 is 33.1 Å². The molecule has 2 aromatic carbocycles. The third-order valence-corrected chi connectivity index (χ3v) is 4.83. The number of rotatable bonds is 6. The summed E-state index contributed by atoms with van der Waals surface area (Å²) in [5.41, 5.74) is 2.87. The normalized spacial score (nSPS) is 12.1. The van der Waals surface area contributed by atoms with Gasteiger partial charge in [-0.3, -0.25) is 4.79 Å². The van der Waals surface area contributed by atoms with Gasteiger partial charge in [-0.15, -0.1) is 11.3 Å². The number of hydrogen-bond acceptors (Lipinski definition) is 4. The lowest BCUT2D eigenvalue weighted by molar-refractivity contribution is -0.121. The monoisotopic (exact) mass is 357 g/mol. The number of thiazole rings is 1. The van der Waals surface area contributed by atoms with E-state index in [2.05, 4.69) is 15.6 Å². The molecule has 0 aliphatic heterocycles. The van der Waals surface area contributed by atoms with E-state index in [0.29, 0.717) is 13.0 Å². The molecule has 130 valence electrons. The highest BCUT2D eigenvalue weighted by Crippen LogP contribution is 2.25. The van der Waals surface area contributed by atoms with E-state index in [1.54, 1.807) is 23.5 Å². The van der Waals surface area contributed by atoms with Crippen LogP contribution < -0.4 is 10.6 Å². The summed E-state index contributed by atoms with van der Waals surface area (Å²) in [6.45, 7) is 4.33. The zero-order valence-corrected chi connectivity index (χ0v) is 15.0. The molecule has 3 aromatic rings. The van der Waals surface area contributed by atoms with Gasteiger partial charge in [-0.25, -0.2) is 9.37 Å². The molecule has 0 aliphatic carbocycles. The fourth-order valence-electron chi connectivity index (χ4n) is 2.58. The van der Waals surface area contributed by atoms with Crippen molar-refractivity contribution in [1.29, 1.82) is 0 Å². The van der Waals surface area contributed by atoms with Gasteiger partial charge in [0.2, 0.25) is 5.91 Å². The van der Waals surface area contributed by atoms with Crippen LogP contribution in [-0.4, -0.2) is 23.5 Å². The molecule has 0 spiro atoms. The molecule has 25 heavy (non-hydrogen) atoms. The molecule has 0 saturated carbocycles. The Morgan fingerprint density at radius 3 is 2.76 bits per heavy atom.